The van der Waals surface area contributed by atoms with Crippen LogP contribution in [-0.4, -0.2) is 15.8 Å². The molecule has 0 radical (unpaired) electrons. The second-order valence-corrected chi connectivity index (χ2v) is 6.71. The highest BCUT2D eigenvalue weighted by atomic mass is 32.2. The largest absolute Gasteiger partial charge is 0.309 e. The van der Waals surface area contributed by atoms with Gasteiger partial charge in [-0.25, -0.2) is 4.98 Å². The number of benzene rings is 2. The van der Waals surface area contributed by atoms with E-state index in [0.29, 0.717) is 28.0 Å². The molecule has 0 saturated heterocycles. The van der Waals surface area contributed by atoms with Crippen molar-refractivity contribution in [3.05, 3.63) is 69.3 Å². The molecule has 3 rings (SSSR count). The predicted molar refractivity (Wildman–Crippen MR) is 101 cm³/mol. The van der Waals surface area contributed by atoms with Crippen molar-refractivity contribution in [3.8, 4) is 12.3 Å². The van der Waals surface area contributed by atoms with Crippen molar-refractivity contribution in [3.63, 3.8) is 0 Å². The first kappa shape index (κ1) is 17.0. The highest BCUT2D eigenvalue weighted by Gasteiger charge is 2.09. The summed E-state index contributed by atoms with van der Waals surface area (Å²) in [5, 5.41) is 0.538. The molecule has 0 saturated carbocycles. The summed E-state index contributed by atoms with van der Waals surface area (Å²) in [6.07, 6.45) is 5.49. The van der Waals surface area contributed by atoms with E-state index in [4.69, 9.17) is 6.42 Å². The maximum atomic E-state index is 12.3. The number of rotatable bonds is 4. The molecule has 1 heterocycles. The molecule has 25 heavy (non-hydrogen) atoms. The van der Waals surface area contributed by atoms with Gasteiger partial charge in [0.15, 0.2) is 5.78 Å². The number of aryl methyl sites for hydroxylation is 1. The van der Waals surface area contributed by atoms with Crippen molar-refractivity contribution >= 4 is 28.4 Å². The smallest absolute Gasteiger partial charge is 0.258 e. The number of hydrogen-bond acceptors (Lipinski definition) is 4. The Bertz CT molecular complexity index is 1060. The summed E-state index contributed by atoms with van der Waals surface area (Å²) < 4.78 is 0. The summed E-state index contributed by atoms with van der Waals surface area (Å²) in [5.41, 5.74) is 2.73. The normalized spacial score (nSPS) is 10.6. The maximum absolute atomic E-state index is 12.3. The minimum Gasteiger partial charge on any atom is -0.309 e. The average Bonchev–Trinajstić information content (AvgIpc) is 2.61. The third kappa shape index (κ3) is 3.49. The van der Waals surface area contributed by atoms with Crippen LogP contribution in [0.1, 0.15) is 34.2 Å². The van der Waals surface area contributed by atoms with Crippen molar-refractivity contribution in [1.29, 1.82) is 0 Å². The van der Waals surface area contributed by atoms with Crippen LogP contribution in [0.2, 0.25) is 0 Å². The van der Waals surface area contributed by atoms with Crippen LogP contribution in [0, 0.1) is 19.3 Å². The van der Waals surface area contributed by atoms with Gasteiger partial charge in [-0.15, -0.1) is 18.2 Å². The molecule has 0 aliphatic heterocycles. The van der Waals surface area contributed by atoms with Crippen LogP contribution in [-0.2, 0) is 5.75 Å². The summed E-state index contributed by atoms with van der Waals surface area (Å²) >= 11 is 1.54. The number of H-pyrrole nitrogens is 1. The Kier molecular flexibility index (Phi) is 4.73. The van der Waals surface area contributed by atoms with Gasteiger partial charge in [0, 0.05) is 16.0 Å². The molecular formula is C20H16N2O2S. The standard InChI is InChI=1S/C20H16N2O2S/c1-4-14-7-10-17-19(12(14)2)21-18(22-20(17)24)11-25-16-8-5-15(6-9-16)13(3)23/h1,5-10H,11H2,2-3H3,(H,21,22,24). The lowest BCUT2D eigenvalue weighted by atomic mass is 10.1. The lowest BCUT2D eigenvalue weighted by molar-refractivity contribution is 0.101. The molecule has 124 valence electrons. The topological polar surface area (TPSA) is 62.8 Å². The van der Waals surface area contributed by atoms with Gasteiger partial charge >= 0.3 is 0 Å². The fraction of sp³-hybridized carbons (Fsp3) is 0.150. The van der Waals surface area contributed by atoms with Gasteiger partial charge in [0.05, 0.1) is 16.7 Å². The van der Waals surface area contributed by atoms with Crippen molar-refractivity contribution in [2.75, 3.05) is 0 Å². The molecule has 0 unspecified atom stereocenters. The minimum atomic E-state index is -0.167. The van der Waals surface area contributed by atoms with Crippen LogP contribution < -0.4 is 5.56 Å². The molecule has 1 aromatic heterocycles. The van der Waals surface area contributed by atoms with E-state index in [1.807, 2.05) is 19.1 Å². The molecule has 0 spiro atoms. The van der Waals surface area contributed by atoms with Crippen LogP contribution >= 0.6 is 11.8 Å². The van der Waals surface area contributed by atoms with E-state index in [1.54, 1.807) is 43.0 Å². The van der Waals surface area contributed by atoms with Crippen LogP contribution in [0.3, 0.4) is 0 Å². The number of thioether (sulfide) groups is 1. The third-order valence-corrected chi connectivity index (χ3v) is 5.00. The Morgan fingerprint density at radius 3 is 2.60 bits per heavy atom. The van der Waals surface area contributed by atoms with E-state index in [9.17, 15) is 9.59 Å². The molecule has 0 bridgehead atoms. The summed E-state index contributed by atoms with van der Waals surface area (Å²) in [6, 6.07) is 10.8. The summed E-state index contributed by atoms with van der Waals surface area (Å²) in [7, 11) is 0. The zero-order chi connectivity index (χ0) is 18.0. The molecule has 4 nitrogen and oxygen atoms in total. The Morgan fingerprint density at radius 1 is 1.24 bits per heavy atom. The summed E-state index contributed by atoms with van der Waals surface area (Å²) in [6.45, 7) is 3.42. The zero-order valence-electron chi connectivity index (χ0n) is 13.9. The van der Waals surface area contributed by atoms with Gasteiger partial charge in [0.1, 0.15) is 5.82 Å². The van der Waals surface area contributed by atoms with Gasteiger partial charge in [-0.2, -0.15) is 0 Å². The molecule has 0 aliphatic rings. The second-order valence-electron chi connectivity index (χ2n) is 5.66. The van der Waals surface area contributed by atoms with Crippen molar-refractivity contribution in [2.45, 2.75) is 24.5 Å². The first-order chi connectivity index (χ1) is 12.0. The van der Waals surface area contributed by atoms with Crippen LogP contribution in [0.25, 0.3) is 10.9 Å². The van der Waals surface area contributed by atoms with Crippen molar-refractivity contribution in [1.82, 2.24) is 9.97 Å². The first-order valence-corrected chi connectivity index (χ1v) is 8.71. The Morgan fingerprint density at radius 2 is 1.96 bits per heavy atom. The van der Waals surface area contributed by atoms with Gasteiger partial charge in [-0.1, -0.05) is 18.1 Å². The quantitative estimate of drug-likeness (QED) is 0.443. The highest BCUT2D eigenvalue weighted by molar-refractivity contribution is 7.98. The zero-order valence-corrected chi connectivity index (χ0v) is 14.7. The first-order valence-electron chi connectivity index (χ1n) is 7.72. The number of carbonyl (C=O) groups excluding carboxylic acids is 1. The minimum absolute atomic E-state index is 0.0388. The van der Waals surface area contributed by atoms with Gasteiger partial charge in [-0.05, 0) is 43.7 Å². The van der Waals surface area contributed by atoms with Gasteiger partial charge in [-0.3, -0.25) is 9.59 Å². The number of carbonyl (C=O) groups is 1. The van der Waals surface area contributed by atoms with Crippen molar-refractivity contribution < 1.29 is 4.79 Å². The van der Waals surface area contributed by atoms with Gasteiger partial charge in [0.2, 0.25) is 0 Å². The number of terminal acetylenes is 1. The van der Waals surface area contributed by atoms with E-state index in [1.165, 1.54) is 0 Å². The number of nitrogens with zero attached hydrogens (tertiary/aromatic N) is 1. The number of aromatic nitrogens is 2. The highest BCUT2D eigenvalue weighted by Crippen LogP contribution is 2.23. The summed E-state index contributed by atoms with van der Waals surface area (Å²) in [5.74, 6) is 3.76. The predicted octanol–water partition coefficient (Wildman–Crippen LogP) is 3.71. The number of ketones is 1. The maximum Gasteiger partial charge on any atom is 0.258 e. The molecule has 3 aromatic rings. The molecule has 5 heteroatoms. The summed E-state index contributed by atoms with van der Waals surface area (Å²) in [4.78, 5) is 32.0. The third-order valence-electron chi connectivity index (χ3n) is 3.97. The second kappa shape index (κ2) is 6.96. The number of hydrogen-bond donors (Lipinski definition) is 1. The number of aromatic amines is 1. The van der Waals surface area contributed by atoms with E-state index < -0.39 is 0 Å². The molecule has 0 aliphatic carbocycles. The molecule has 0 atom stereocenters. The van der Waals surface area contributed by atoms with Gasteiger partial charge < -0.3 is 4.98 Å². The van der Waals surface area contributed by atoms with Crippen LogP contribution in [0.15, 0.2) is 46.1 Å². The van der Waals surface area contributed by atoms with Crippen LogP contribution in [0.5, 0.6) is 0 Å². The number of fused-ring (bicyclic) bond motifs is 1. The van der Waals surface area contributed by atoms with E-state index >= 15 is 0 Å². The van der Waals surface area contributed by atoms with E-state index in [-0.39, 0.29) is 11.3 Å². The lowest BCUT2D eigenvalue weighted by Crippen LogP contribution is -2.12. The van der Waals surface area contributed by atoms with E-state index in [2.05, 4.69) is 15.9 Å². The van der Waals surface area contributed by atoms with Crippen molar-refractivity contribution in [2.24, 2.45) is 0 Å². The Hall–Kier alpha value is -2.84. The fourth-order valence-corrected chi connectivity index (χ4v) is 3.32. The molecule has 1 N–H and O–H groups in total. The number of nitrogens with one attached hydrogen (secondary N) is 1. The molecule has 2 aromatic carbocycles. The SMILES string of the molecule is C#Cc1ccc2c(=O)[nH]c(CSc3ccc(C(C)=O)cc3)nc2c1C. The molecular weight excluding hydrogens is 332 g/mol. The Balaban J connectivity index is 1.89. The monoisotopic (exact) mass is 348 g/mol. The fourth-order valence-electron chi connectivity index (χ4n) is 2.55. The molecule has 0 amide bonds. The van der Waals surface area contributed by atoms with E-state index in [0.717, 1.165) is 16.0 Å². The average molecular weight is 348 g/mol. The van der Waals surface area contributed by atoms with Crippen LogP contribution in [0.4, 0.5) is 0 Å². The van der Waals surface area contributed by atoms with Gasteiger partial charge in [0.25, 0.3) is 5.56 Å². The lowest BCUT2D eigenvalue weighted by Gasteiger charge is -2.07. The Labute approximate surface area is 149 Å². The number of Topliss-reactive ketones (excluding diaryl/α,β-unsaturated/α-hetero) is 1. The molecule has 0 fully saturated rings.